The predicted molar refractivity (Wildman–Crippen MR) is 82.2 cm³/mol. The van der Waals surface area contributed by atoms with Gasteiger partial charge in [-0.25, -0.2) is 9.18 Å². The van der Waals surface area contributed by atoms with Crippen molar-refractivity contribution < 1.29 is 14.3 Å². The van der Waals surface area contributed by atoms with Gasteiger partial charge < -0.3 is 15.7 Å². The molecular weight excluding hydrogens is 271 g/mol. The Labute approximate surface area is 124 Å². The van der Waals surface area contributed by atoms with Crippen LogP contribution in [0, 0.1) is 17.2 Å². The number of hydrogen-bond donors (Lipinski definition) is 2. The number of carboxylic acid groups (broad SMARTS) is 1. The Kier molecular flexibility index (Phi) is 4.12. The van der Waals surface area contributed by atoms with Gasteiger partial charge in [-0.05, 0) is 30.2 Å². The van der Waals surface area contributed by atoms with Crippen LogP contribution in [0.4, 0.5) is 15.8 Å². The molecule has 0 spiro atoms. The van der Waals surface area contributed by atoms with Crippen LogP contribution in [0.2, 0.25) is 0 Å². The maximum absolute atomic E-state index is 13.8. The molecular formula is C16H23FN2O2. The van der Waals surface area contributed by atoms with Crippen molar-refractivity contribution in [3.8, 4) is 0 Å². The summed E-state index contributed by atoms with van der Waals surface area (Å²) in [5.41, 5.74) is 6.73. The molecule has 0 atom stereocenters. The van der Waals surface area contributed by atoms with Crippen molar-refractivity contribution in [1.82, 2.24) is 0 Å². The van der Waals surface area contributed by atoms with Crippen LogP contribution in [0.5, 0.6) is 0 Å². The standard InChI is InChI=1S/C16H23FN2O2/c1-16(2,3)10-4-6-19(7-5-10)14-9-12(17)11(15(20)21)8-13(14)18/h8-10H,4-7,18H2,1-3H3,(H,20,21). The quantitative estimate of drug-likeness (QED) is 0.821. The molecule has 3 N–H and O–H groups in total. The van der Waals surface area contributed by atoms with Gasteiger partial charge in [0.15, 0.2) is 0 Å². The average molecular weight is 294 g/mol. The lowest BCUT2D eigenvalue weighted by Crippen LogP contribution is -2.38. The van der Waals surface area contributed by atoms with Crippen molar-refractivity contribution in [3.05, 3.63) is 23.5 Å². The van der Waals surface area contributed by atoms with E-state index >= 15 is 0 Å². The van der Waals surface area contributed by atoms with Gasteiger partial charge in [0, 0.05) is 19.2 Å². The third-order valence-electron chi connectivity index (χ3n) is 4.41. The van der Waals surface area contributed by atoms with Crippen LogP contribution in [0.3, 0.4) is 0 Å². The first-order valence-corrected chi connectivity index (χ1v) is 7.27. The molecule has 2 rings (SSSR count). The molecule has 0 unspecified atom stereocenters. The third kappa shape index (κ3) is 3.28. The number of piperidine rings is 1. The van der Waals surface area contributed by atoms with Crippen LogP contribution < -0.4 is 10.6 Å². The topological polar surface area (TPSA) is 66.6 Å². The number of hydrogen-bond acceptors (Lipinski definition) is 3. The minimum atomic E-state index is -1.29. The predicted octanol–water partition coefficient (Wildman–Crippen LogP) is 3.37. The molecule has 1 aromatic rings. The molecule has 1 aromatic carbocycles. The van der Waals surface area contributed by atoms with Crippen molar-refractivity contribution in [3.63, 3.8) is 0 Å². The van der Waals surface area contributed by atoms with E-state index in [4.69, 9.17) is 10.8 Å². The lowest BCUT2D eigenvalue weighted by Gasteiger charge is -2.40. The van der Waals surface area contributed by atoms with E-state index in [1.54, 1.807) is 0 Å². The van der Waals surface area contributed by atoms with E-state index < -0.39 is 11.8 Å². The zero-order valence-electron chi connectivity index (χ0n) is 12.8. The van der Waals surface area contributed by atoms with Crippen LogP contribution in [0.1, 0.15) is 44.0 Å². The summed E-state index contributed by atoms with van der Waals surface area (Å²) < 4.78 is 13.8. The molecule has 0 bridgehead atoms. The largest absolute Gasteiger partial charge is 0.478 e. The molecule has 1 saturated heterocycles. The number of nitrogens with two attached hydrogens (primary N) is 1. The molecule has 5 heteroatoms. The molecule has 4 nitrogen and oxygen atoms in total. The fraction of sp³-hybridized carbons (Fsp3) is 0.562. The third-order valence-corrected chi connectivity index (χ3v) is 4.41. The maximum Gasteiger partial charge on any atom is 0.338 e. The molecule has 1 aliphatic heterocycles. The van der Waals surface area contributed by atoms with Gasteiger partial charge in [0.05, 0.1) is 16.9 Å². The summed E-state index contributed by atoms with van der Waals surface area (Å²) in [4.78, 5) is 13.0. The molecule has 1 aliphatic rings. The second-order valence-electron chi connectivity index (χ2n) is 6.82. The number of anilines is 2. The zero-order valence-corrected chi connectivity index (χ0v) is 12.8. The summed E-state index contributed by atoms with van der Waals surface area (Å²) in [5, 5.41) is 8.91. The lowest BCUT2D eigenvalue weighted by molar-refractivity contribution is 0.0692. The molecule has 0 aliphatic carbocycles. The summed E-state index contributed by atoms with van der Waals surface area (Å²) in [6.07, 6.45) is 2.07. The van der Waals surface area contributed by atoms with Crippen LogP contribution in [0.25, 0.3) is 0 Å². The molecule has 0 amide bonds. The highest BCUT2D eigenvalue weighted by Gasteiger charge is 2.29. The van der Waals surface area contributed by atoms with E-state index in [0.29, 0.717) is 17.3 Å². The van der Waals surface area contributed by atoms with Gasteiger partial charge >= 0.3 is 5.97 Å². The van der Waals surface area contributed by atoms with Crippen molar-refractivity contribution in [2.75, 3.05) is 23.7 Å². The van der Waals surface area contributed by atoms with Gasteiger partial charge in [-0.1, -0.05) is 20.8 Å². The second kappa shape index (κ2) is 5.54. The van der Waals surface area contributed by atoms with Crippen molar-refractivity contribution in [2.45, 2.75) is 33.6 Å². The smallest absolute Gasteiger partial charge is 0.338 e. The monoisotopic (exact) mass is 294 g/mol. The molecule has 0 saturated carbocycles. The first kappa shape index (κ1) is 15.6. The number of carbonyl (C=O) groups is 1. The Morgan fingerprint density at radius 3 is 2.38 bits per heavy atom. The Hall–Kier alpha value is -1.78. The van der Waals surface area contributed by atoms with E-state index in [1.165, 1.54) is 12.1 Å². The number of aromatic carboxylic acids is 1. The highest BCUT2D eigenvalue weighted by Crippen LogP contribution is 2.37. The molecule has 1 fully saturated rings. The van der Waals surface area contributed by atoms with Crippen LogP contribution in [-0.2, 0) is 0 Å². The summed E-state index contributed by atoms with van der Waals surface area (Å²) >= 11 is 0. The summed E-state index contributed by atoms with van der Waals surface area (Å²) in [7, 11) is 0. The van der Waals surface area contributed by atoms with Crippen LogP contribution in [0.15, 0.2) is 12.1 Å². The molecule has 0 radical (unpaired) electrons. The summed E-state index contributed by atoms with van der Waals surface area (Å²) in [6.45, 7) is 8.35. The first-order valence-electron chi connectivity index (χ1n) is 7.27. The number of benzene rings is 1. The minimum absolute atomic E-state index is 0.274. The normalized spacial score (nSPS) is 17.0. The van der Waals surface area contributed by atoms with Gasteiger partial charge in [-0.3, -0.25) is 0 Å². The molecule has 0 aromatic heterocycles. The maximum atomic E-state index is 13.8. The Morgan fingerprint density at radius 2 is 1.90 bits per heavy atom. The minimum Gasteiger partial charge on any atom is -0.478 e. The fourth-order valence-electron chi connectivity index (χ4n) is 3.00. The number of carboxylic acids is 1. The highest BCUT2D eigenvalue weighted by molar-refractivity contribution is 5.91. The van der Waals surface area contributed by atoms with Gasteiger partial charge in [0.1, 0.15) is 5.82 Å². The lowest BCUT2D eigenvalue weighted by atomic mass is 9.75. The average Bonchev–Trinajstić information content (AvgIpc) is 2.40. The number of rotatable bonds is 2. The van der Waals surface area contributed by atoms with E-state index in [-0.39, 0.29) is 11.0 Å². The van der Waals surface area contributed by atoms with Crippen LogP contribution in [-0.4, -0.2) is 24.2 Å². The van der Waals surface area contributed by atoms with Crippen LogP contribution >= 0.6 is 0 Å². The Morgan fingerprint density at radius 1 is 1.33 bits per heavy atom. The number of nitrogens with zero attached hydrogens (tertiary/aromatic N) is 1. The number of nitrogen functional groups attached to an aromatic ring is 1. The van der Waals surface area contributed by atoms with E-state index in [2.05, 4.69) is 20.8 Å². The second-order valence-corrected chi connectivity index (χ2v) is 6.82. The first-order chi connectivity index (χ1) is 9.70. The van der Waals surface area contributed by atoms with Gasteiger partial charge in [0.25, 0.3) is 0 Å². The van der Waals surface area contributed by atoms with E-state index in [9.17, 15) is 9.18 Å². The summed E-state index contributed by atoms with van der Waals surface area (Å²) in [5.74, 6) is -1.39. The van der Waals surface area contributed by atoms with E-state index in [1.807, 2.05) is 4.90 Å². The van der Waals surface area contributed by atoms with Crippen molar-refractivity contribution in [1.29, 1.82) is 0 Å². The summed E-state index contributed by atoms with van der Waals surface area (Å²) in [6, 6.07) is 2.46. The Balaban J connectivity index is 2.18. The van der Waals surface area contributed by atoms with Crippen molar-refractivity contribution in [2.24, 2.45) is 11.3 Å². The molecule has 116 valence electrons. The fourth-order valence-corrected chi connectivity index (χ4v) is 3.00. The van der Waals surface area contributed by atoms with Gasteiger partial charge in [-0.15, -0.1) is 0 Å². The zero-order chi connectivity index (χ0) is 15.8. The number of halogens is 1. The highest BCUT2D eigenvalue weighted by atomic mass is 19.1. The van der Waals surface area contributed by atoms with Crippen molar-refractivity contribution >= 4 is 17.3 Å². The van der Waals surface area contributed by atoms with Gasteiger partial charge in [-0.2, -0.15) is 0 Å². The van der Waals surface area contributed by atoms with E-state index in [0.717, 1.165) is 25.9 Å². The SMILES string of the molecule is CC(C)(C)C1CCN(c2cc(F)c(C(=O)O)cc2N)CC1. The molecule has 21 heavy (non-hydrogen) atoms. The Bertz CT molecular complexity index is 544. The van der Waals surface area contributed by atoms with Gasteiger partial charge in [0.2, 0.25) is 0 Å². The molecule has 1 heterocycles.